The zero-order chi connectivity index (χ0) is 71.2. The smallest absolute Gasteiger partial charge is 0.252 e. The lowest BCUT2D eigenvalue weighted by molar-refractivity contribution is 0.590. The van der Waals surface area contributed by atoms with Crippen LogP contribution in [0, 0.1) is 0 Å². The topological polar surface area (TPSA) is 13.0 Å². The Morgan fingerprint density at radius 1 is 0.296 bits per heavy atom. The van der Waals surface area contributed by atoms with Gasteiger partial charge in [0.1, 0.15) is 0 Å². The van der Waals surface area contributed by atoms with E-state index in [-0.39, 0.29) is 28.4 Å². The van der Waals surface area contributed by atoms with Crippen LogP contribution in [-0.2, 0) is 21.7 Å². The molecule has 0 bridgehead atoms. The summed E-state index contributed by atoms with van der Waals surface area (Å²) in [5.74, 6) is 0. The number of benzene rings is 10. The number of halogens is 1. The molecule has 2 aliphatic rings. The van der Waals surface area contributed by atoms with Crippen molar-refractivity contribution in [2.45, 2.75) is 183 Å². The third kappa shape index (κ3) is 14.8. The van der Waals surface area contributed by atoms with Gasteiger partial charge < -0.3 is 19.6 Å². The molecule has 0 unspecified atom stereocenters. The van der Waals surface area contributed by atoms with Gasteiger partial charge in [-0.1, -0.05) is 303 Å². The molecule has 0 N–H and O–H groups in total. The summed E-state index contributed by atoms with van der Waals surface area (Å²) < 4.78 is 0. The van der Waals surface area contributed by atoms with Crippen LogP contribution in [0.15, 0.2) is 218 Å². The van der Waals surface area contributed by atoms with E-state index in [2.05, 4.69) is 400 Å². The number of fused-ring (bicyclic) bond motifs is 4. The van der Waals surface area contributed by atoms with Crippen LogP contribution >= 0.6 is 11.6 Å². The fraction of sp³-hybridized carbons (Fsp3) is 0.318. The quantitative estimate of drug-likeness (QED) is 0.113. The van der Waals surface area contributed by atoms with Gasteiger partial charge >= 0.3 is 0 Å². The highest BCUT2D eigenvalue weighted by atomic mass is 35.5. The monoisotopic (exact) mass is 1380 g/mol. The molecule has 0 radical (unpaired) electrons. The molecular formula is C88H108BClN4Si4. The highest BCUT2D eigenvalue weighted by Crippen LogP contribution is 2.49. The van der Waals surface area contributed by atoms with Gasteiger partial charge in [0, 0.05) is 56.9 Å². The van der Waals surface area contributed by atoms with Gasteiger partial charge in [0.05, 0.1) is 48.7 Å². The molecule has 10 aromatic carbocycles. The first kappa shape index (κ1) is 71.9. The molecule has 0 amide bonds. The first-order valence-electron chi connectivity index (χ1n) is 35.6. The Kier molecular flexibility index (Phi) is 19.3. The minimum atomic E-state index is -1.60. The predicted molar refractivity (Wildman–Crippen MR) is 448 cm³/mol. The SMILES string of the molecule is CC(C)(C)c1ccc(N(c2ccc(C(C)(C)C)cc2)c2cccc(N(c3ccc([Si](C)(C)C)cc3)c3ccc([Si](C)(C)C)cc3)c2Cl)cc1.CC(C)(C)c1ccc(N2c3ccc(C(C)(C)C)cc3B3c4cc([Si](C)(C)C)ccc4N(c4ccc([Si](C)(C)C)cc4)c4cccc2c43)cc1. The van der Waals surface area contributed by atoms with Crippen molar-refractivity contribution >= 4 is 156 Å². The zero-order valence-corrected chi connectivity index (χ0v) is 68.3. The summed E-state index contributed by atoms with van der Waals surface area (Å²) >= 11 is 7.64. The molecule has 0 spiro atoms. The Bertz CT molecular complexity index is 4110. The van der Waals surface area contributed by atoms with Crippen LogP contribution in [0.3, 0.4) is 0 Å². The average molecular weight is 1380 g/mol. The summed E-state index contributed by atoms with van der Waals surface area (Å²) in [7, 11) is -5.97. The Balaban J connectivity index is 0.000000198. The van der Waals surface area contributed by atoms with Gasteiger partial charge in [0.2, 0.25) is 0 Å². The standard InChI is InChI=1S/C44H53BN2Si2.C44H55ClN2Si2/c1-43(2,3)30-16-19-32(20-17-30)46-38-26-18-31(44(4,5)6)28-36(38)45-37-29-35(49(10,11)12)25-27-39(37)47(41-15-13-14-40(46)42(41)45)33-21-23-34(24-22-33)48(7,8)9;1-43(2,3)32-16-20-34(21-17-32)46(35-22-18-33(19-23-35)44(4,5)6)40-14-13-15-41(42(40)45)47(36-24-28-38(29-25-36)48(7,8)9)37-26-30-39(31-27-37)49(10,11)12/h13-29H,1-12H3;13-31H,1-12H3. The zero-order valence-electron chi connectivity index (χ0n) is 63.5. The second-order valence-electron chi connectivity index (χ2n) is 35.9. The summed E-state index contributed by atoms with van der Waals surface area (Å²) in [5.41, 5.74) is 23.6. The van der Waals surface area contributed by atoms with Crippen molar-refractivity contribution in [2.24, 2.45) is 0 Å². The van der Waals surface area contributed by atoms with Gasteiger partial charge in [-0.3, -0.25) is 0 Å². The normalized spacial score (nSPS) is 13.5. The molecule has 0 saturated carbocycles. The Morgan fingerprint density at radius 2 is 0.571 bits per heavy atom. The van der Waals surface area contributed by atoms with Crippen molar-refractivity contribution in [3.05, 3.63) is 246 Å². The first-order chi connectivity index (χ1) is 45.6. The third-order valence-corrected chi connectivity index (χ3v) is 28.7. The molecule has 98 heavy (non-hydrogen) atoms. The second-order valence-corrected chi connectivity index (χ2v) is 56.6. The van der Waals surface area contributed by atoms with E-state index in [1.807, 2.05) is 0 Å². The maximum Gasteiger partial charge on any atom is 0.252 e. The Morgan fingerprint density at radius 3 is 0.918 bits per heavy atom. The molecule has 0 atom stereocenters. The molecule has 2 heterocycles. The molecule has 0 fully saturated rings. The van der Waals surface area contributed by atoms with E-state index < -0.39 is 32.3 Å². The third-order valence-electron chi connectivity index (χ3n) is 20.1. The first-order valence-corrected chi connectivity index (χ1v) is 50.0. The van der Waals surface area contributed by atoms with E-state index in [0.29, 0.717) is 5.02 Å². The lowest BCUT2D eigenvalue weighted by Gasteiger charge is -2.45. The second kappa shape index (κ2) is 26.3. The largest absolute Gasteiger partial charge is 0.311 e. The number of anilines is 12. The fourth-order valence-corrected chi connectivity index (χ4v) is 18.8. The van der Waals surface area contributed by atoms with E-state index in [4.69, 9.17) is 11.6 Å². The number of rotatable bonds is 12. The number of hydrogen-bond acceptors (Lipinski definition) is 4. The highest BCUT2D eigenvalue weighted by Gasteiger charge is 2.44. The van der Waals surface area contributed by atoms with Gasteiger partial charge in [0.15, 0.2) is 0 Å². The Labute approximate surface area is 600 Å². The molecule has 506 valence electrons. The summed E-state index contributed by atoms with van der Waals surface area (Å²) in [4.78, 5) is 9.69. The van der Waals surface area contributed by atoms with Crippen molar-refractivity contribution in [1.82, 2.24) is 0 Å². The number of nitrogens with zero attached hydrogens (tertiary/aromatic N) is 4. The average Bonchev–Trinajstić information content (AvgIpc) is 0.698. The maximum atomic E-state index is 7.64. The van der Waals surface area contributed by atoms with Crippen molar-refractivity contribution in [2.75, 3.05) is 19.6 Å². The Hall–Kier alpha value is -7.38. The molecule has 0 aliphatic carbocycles. The van der Waals surface area contributed by atoms with Gasteiger partial charge in [-0.2, -0.15) is 0 Å². The van der Waals surface area contributed by atoms with E-state index in [9.17, 15) is 0 Å². The predicted octanol–water partition coefficient (Wildman–Crippen LogP) is 22.4. The van der Waals surface area contributed by atoms with Crippen LogP contribution in [0.2, 0.25) is 83.6 Å². The van der Waals surface area contributed by atoms with Crippen LogP contribution in [0.25, 0.3) is 0 Å². The van der Waals surface area contributed by atoms with Crippen molar-refractivity contribution in [1.29, 1.82) is 0 Å². The molecule has 0 saturated heterocycles. The summed E-state index contributed by atoms with van der Waals surface area (Å²) in [6.07, 6.45) is 0. The fourth-order valence-electron chi connectivity index (χ4n) is 13.8. The van der Waals surface area contributed by atoms with Gasteiger partial charge in [-0.05, 0) is 169 Å². The summed E-state index contributed by atoms with van der Waals surface area (Å²) in [6.45, 7) is 56.6. The van der Waals surface area contributed by atoms with Crippen LogP contribution in [-0.4, -0.2) is 39.0 Å². The lowest BCUT2D eigenvalue weighted by Crippen LogP contribution is -2.62. The maximum absolute atomic E-state index is 7.64. The van der Waals surface area contributed by atoms with Gasteiger partial charge in [-0.25, -0.2) is 0 Å². The molecular weight excluding hydrogens is 1270 g/mol. The molecule has 0 aromatic heterocycles. The van der Waals surface area contributed by atoms with E-state index in [1.165, 1.54) is 93.5 Å². The number of hydrogen-bond donors (Lipinski definition) is 0. The molecule has 10 heteroatoms. The molecule has 2 aliphatic heterocycles. The highest BCUT2D eigenvalue weighted by molar-refractivity contribution is 7.01. The molecule has 12 rings (SSSR count). The van der Waals surface area contributed by atoms with Crippen LogP contribution in [0.4, 0.5) is 68.2 Å². The van der Waals surface area contributed by atoms with E-state index in [1.54, 1.807) is 0 Å². The minimum absolute atomic E-state index is 0.0375. The van der Waals surface area contributed by atoms with Crippen LogP contribution < -0.4 is 56.7 Å². The van der Waals surface area contributed by atoms with Crippen molar-refractivity contribution in [3.63, 3.8) is 0 Å². The lowest BCUT2D eigenvalue weighted by atomic mass is 9.33. The molecule has 10 aromatic rings. The summed E-state index contributed by atoms with van der Waals surface area (Å²) in [5, 5.41) is 6.58. The van der Waals surface area contributed by atoms with Gasteiger partial charge in [0.25, 0.3) is 6.71 Å². The minimum Gasteiger partial charge on any atom is -0.311 e. The summed E-state index contributed by atoms with van der Waals surface area (Å²) in [6, 6.07) is 83.1. The van der Waals surface area contributed by atoms with E-state index in [0.717, 1.165) is 34.1 Å². The van der Waals surface area contributed by atoms with Crippen LogP contribution in [0.1, 0.15) is 105 Å². The van der Waals surface area contributed by atoms with Gasteiger partial charge in [-0.15, -0.1) is 0 Å². The van der Waals surface area contributed by atoms with Crippen molar-refractivity contribution < 1.29 is 0 Å². The van der Waals surface area contributed by atoms with E-state index >= 15 is 0 Å². The molecule has 4 nitrogen and oxygen atoms in total. The van der Waals surface area contributed by atoms with Crippen LogP contribution in [0.5, 0.6) is 0 Å². The van der Waals surface area contributed by atoms with Crippen molar-refractivity contribution in [3.8, 4) is 0 Å².